The van der Waals surface area contributed by atoms with E-state index in [-0.39, 0.29) is 29.7 Å². The molecule has 0 aromatic heterocycles. The largest absolute Gasteiger partial charge is 0.385 e. The summed E-state index contributed by atoms with van der Waals surface area (Å²) in [5.41, 5.74) is 2.01. The van der Waals surface area contributed by atoms with E-state index in [0.717, 1.165) is 16.7 Å². The lowest BCUT2D eigenvalue weighted by molar-refractivity contribution is -0.0992. The Labute approximate surface area is 172 Å². The predicted molar refractivity (Wildman–Crippen MR) is 115 cm³/mol. The van der Waals surface area contributed by atoms with E-state index in [4.69, 9.17) is 0 Å². The zero-order chi connectivity index (χ0) is 20.4. The van der Waals surface area contributed by atoms with Crippen LogP contribution in [0.4, 0.5) is 4.39 Å². The van der Waals surface area contributed by atoms with Crippen molar-refractivity contribution in [3.8, 4) is 0 Å². The van der Waals surface area contributed by atoms with Gasteiger partial charge in [0.2, 0.25) is 0 Å². The fourth-order valence-corrected chi connectivity index (χ4v) is 4.95. The Morgan fingerprint density at radius 2 is 1.41 bits per heavy atom. The Bertz CT molecular complexity index is 926. The highest BCUT2D eigenvalue weighted by Gasteiger charge is 2.50. The van der Waals surface area contributed by atoms with Gasteiger partial charge in [-0.1, -0.05) is 86.6 Å². The van der Waals surface area contributed by atoms with E-state index < -0.39 is 5.60 Å². The first-order valence-electron chi connectivity index (χ1n) is 10.3. The molecule has 1 fully saturated rings. The summed E-state index contributed by atoms with van der Waals surface area (Å²) >= 11 is 0. The number of piperidine rings is 1. The summed E-state index contributed by atoms with van der Waals surface area (Å²) < 4.78 is 13.6. The van der Waals surface area contributed by atoms with Crippen molar-refractivity contribution in [1.82, 2.24) is 5.32 Å². The van der Waals surface area contributed by atoms with Gasteiger partial charge in [0.15, 0.2) is 0 Å². The summed E-state index contributed by atoms with van der Waals surface area (Å²) in [6.45, 7) is 4.30. The smallest absolute Gasteiger partial charge is 0.123 e. The molecular weight excluding hydrogens is 361 g/mol. The Hall–Kier alpha value is -2.49. The minimum Gasteiger partial charge on any atom is -0.385 e. The van der Waals surface area contributed by atoms with Crippen LogP contribution in [0.5, 0.6) is 0 Å². The second kappa shape index (κ2) is 8.10. The number of rotatable bonds is 4. The van der Waals surface area contributed by atoms with Gasteiger partial charge in [-0.25, -0.2) is 4.39 Å². The van der Waals surface area contributed by atoms with Gasteiger partial charge >= 0.3 is 0 Å². The first-order chi connectivity index (χ1) is 14.0. The molecule has 4 atom stereocenters. The Morgan fingerprint density at radius 1 is 0.862 bits per heavy atom. The topological polar surface area (TPSA) is 32.3 Å². The Kier molecular flexibility index (Phi) is 5.53. The zero-order valence-corrected chi connectivity index (χ0v) is 16.9. The highest BCUT2D eigenvalue weighted by Crippen LogP contribution is 2.51. The molecule has 0 spiro atoms. The normalized spacial score (nSPS) is 27.1. The fraction of sp³-hybridized carbons (Fsp3) is 0.308. The molecule has 1 aliphatic heterocycles. The maximum Gasteiger partial charge on any atom is 0.123 e. The molecule has 0 radical (unpaired) electrons. The first-order valence-corrected chi connectivity index (χ1v) is 10.3. The monoisotopic (exact) mass is 389 g/mol. The van der Waals surface area contributed by atoms with Crippen LogP contribution in [0.2, 0.25) is 0 Å². The third-order valence-electron chi connectivity index (χ3n) is 6.23. The lowest BCUT2D eigenvalue weighted by Gasteiger charge is -2.51. The quantitative estimate of drug-likeness (QED) is 0.594. The van der Waals surface area contributed by atoms with Gasteiger partial charge in [-0.15, -0.1) is 0 Å². The van der Waals surface area contributed by atoms with E-state index in [0.29, 0.717) is 6.42 Å². The highest BCUT2D eigenvalue weighted by atomic mass is 19.1. The lowest BCUT2D eigenvalue weighted by Crippen LogP contribution is -2.53. The third-order valence-corrected chi connectivity index (χ3v) is 6.23. The van der Waals surface area contributed by atoms with Crippen LogP contribution < -0.4 is 5.32 Å². The number of hydrogen-bond donors (Lipinski definition) is 2. The summed E-state index contributed by atoms with van der Waals surface area (Å²) in [6, 6.07) is 26.9. The van der Waals surface area contributed by atoms with Crippen molar-refractivity contribution in [3.05, 3.63) is 107 Å². The molecule has 1 heterocycles. The summed E-state index contributed by atoms with van der Waals surface area (Å²) in [4.78, 5) is 0. The second-order valence-corrected chi connectivity index (χ2v) is 8.42. The molecule has 2 N–H and O–H groups in total. The van der Waals surface area contributed by atoms with E-state index in [9.17, 15) is 9.50 Å². The molecule has 29 heavy (non-hydrogen) atoms. The van der Waals surface area contributed by atoms with Crippen molar-refractivity contribution in [1.29, 1.82) is 0 Å². The minimum atomic E-state index is -1.08. The molecule has 3 aromatic carbocycles. The van der Waals surface area contributed by atoms with E-state index in [1.165, 1.54) is 12.1 Å². The summed E-state index contributed by atoms with van der Waals surface area (Å²) in [5.74, 6) is -0.124. The van der Waals surface area contributed by atoms with Crippen LogP contribution in [0, 0.1) is 17.7 Å². The maximum absolute atomic E-state index is 13.6. The van der Waals surface area contributed by atoms with Crippen LogP contribution in [0.1, 0.15) is 49.0 Å². The number of hydrogen-bond acceptors (Lipinski definition) is 2. The van der Waals surface area contributed by atoms with E-state index in [1.54, 1.807) is 12.1 Å². The van der Waals surface area contributed by atoms with Crippen LogP contribution in [0.3, 0.4) is 0 Å². The molecule has 150 valence electrons. The Morgan fingerprint density at radius 3 is 1.97 bits per heavy atom. The van der Waals surface area contributed by atoms with E-state index in [1.807, 2.05) is 36.4 Å². The Balaban J connectivity index is 1.84. The number of aliphatic hydroxyl groups is 1. The molecular formula is C26H28FNO. The van der Waals surface area contributed by atoms with Gasteiger partial charge in [0.25, 0.3) is 0 Å². The van der Waals surface area contributed by atoms with Gasteiger partial charge in [0, 0.05) is 24.4 Å². The van der Waals surface area contributed by atoms with Gasteiger partial charge in [-0.2, -0.15) is 0 Å². The summed E-state index contributed by atoms with van der Waals surface area (Å²) in [6.07, 6.45) is 0.537. The highest BCUT2D eigenvalue weighted by molar-refractivity contribution is 5.32. The summed E-state index contributed by atoms with van der Waals surface area (Å²) in [5, 5.41) is 16.0. The van der Waals surface area contributed by atoms with Crippen molar-refractivity contribution in [2.75, 3.05) is 0 Å². The van der Waals surface area contributed by atoms with Crippen LogP contribution in [-0.2, 0) is 5.60 Å². The van der Waals surface area contributed by atoms with Crippen molar-refractivity contribution in [3.63, 3.8) is 0 Å². The number of nitrogens with one attached hydrogen (secondary N) is 1. The molecule has 0 bridgehead atoms. The van der Waals surface area contributed by atoms with Gasteiger partial charge < -0.3 is 10.4 Å². The van der Waals surface area contributed by atoms with Crippen molar-refractivity contribution >= 4 is 0 Å². The van der Waals surface area contributed by atoms with Crippen molar-refractivity contribution in [2.45, 2.75) is 38.0 Å². The standard InChI is InChI=1S/C26H28FNO/c1-18(2)24-25(20-11-7-4-8-12-20)28-23(19-9-5-3-6-10-19)17-26(24,29)21-13-15-22(27)16-14-21/h3-16,18,23-25,28-29H,17H2,1-2H3/t23-,24-,25-,26-/m0/s1. The SMILES string of the molecule is CC(C)[C@H]1[C@H](c2ccccc2)N[C@H](c2ccccc2)C[C@]1(O)c1ccc(F)cc1. The molecule has 1 saturated heterocycles. The molecule has 0 unspecified atom stereocenters. The number of halogens is 1. The average molecular weight is 390 g/mol. The minimum absolute atomic E-state index is 0.00791. The molecule has 4 rings (SSSR count). The second-order valence-electron chi connectivity index (χ2n) is 8.42. The lowest BCUT2D eigenvalue weighted by atomic mass is 9.64. The molecule has 0 aliphatic carbocycles. The molecule has 1 aliphatic rings. The van der Waals surface area contributed by atoms with Crippen LogP contribution in [-0.4, -0.2) is 5.11 Å². The average Bonchev–Trinajstić information content (AvgIpc) is 2.74. The van der Waals surface area contributed by atoms with Crippen molar-refractivity contribution < 1.29 is 9.50 Å². The zero-order valence-electron chi connectivity index (χ0n) is 16.9. The first kappa shape index (κ1) is 19.8. The fourth-order valence-electron chi connectivity index (χ4n) is 4.95. The predicted octanol–water partition coefficient (Wildman–Crippen LogP) is 5.76. The van der Waals surface area contributed by atoms with E-state index in [2.05, 4.69) is 43.4 Å². The van der Waals surface area contributed by atoms with Crippen LogP contribution in [0.15, 0.2) is 84.9 Å². The van der Waals surface area contributed by atoms with E-state index >= 15 is 0 Å². The van der Waals surface area contributed by atoms with Gasteiger partial charge in [-0.05, 0) is 34.7 Å². The number of benzene rings is 3. The molecule has 0 amide bonds. The molecule has 3 heteroatoms. The summed E-state index contributed by atoms with van der Waals surface area (Å²) in [7, 11) is 0. The molecule has 3 aromatic rings. The van der Waals surface area contributed by atoms with Crippen molar-refractivity contribution in [2.24, 2.45) is 11.8 Å². The van der Waals surface area contributed by atoms with Crippen LogP contribution >= 0.6 is 0 Å². The van der Waals surface area contributed by atoms with Gasteiger partial charge in [0.05, 0.1) is 5.60 Å². The third kappa shape index (κ3) is 3.85. The van der Waals surface area contributed by atoms with Gasteiger partial charge in [0.1, 0.15) is 5.82 Å². The van der Waals surface area contributed by atoms with Gasteiger partial charge in [-0.3, -0.25) is 0 Å². The maximum atomic E-state index is 13.6. The molecule has 2 nitrogen and oxygen atoms in total. The van der Waals surface area contributed by atoms with Crippen LogP contribution in [0.25, 0.3) is 0 Å². The molecule has 0 saturated carbocycles.